The van der Waals surface area contributed by atoms with Gasteiger partial charge in [-0.25, -0.2) is 0 Å². The predicted octanol–water partition coefficient (Wildman–Crippen LogP) is 2.05. The highest BCUT2D eigenvalue weighted by Gasteiger charge is 2.22. The van der Waals surface area contributed by atoms with Gasteiger partial charge in [0.05, 0.1) is 6.54 Å². The van der Waals surface area contributed by atoms with Crippen LogP contribution in [0.25, 0.3) is 0 Å². The standard InChI is InChI=1S/C17H30N4O/c1-3-18-17(20-15-9-4-5-10-15)19-12-11-16(22)21-13-7-6-8-14(21)2/h4-5,14-15H,3,6-13H2,1-2H3,(H2,18,19,20). The van der Waals surface area contributed by atoms with Crippen LogP contribution in [0.3, 0.4) is 0 Å². The van der Waals surface area contributed by atoms with Crippen LogP contribution in [0.2, 0.25) is 0 Å². The van der Waals surface area contributed by atoms with Crippen LogP contribution in [0.5, 0.6) is 0 Å². The van der Waals surface area contributed by atoms with Crippen molar-refractivity contribution < 1.29 is 4.79 Å². The number of piperidine rings is 1. The van der Waals surface area contributed by atoms with E-state index in [0.717, 1.165) is 44.7 Å². The second-order valence-electron chi connectivity index (χ2n) is 6.23. The Kier molecular flexibility index (Phi) is 6.74. The zero-order valence-electron chi connectivity index (χ0n) is 14.0. The monoisotopic (exact) mass is 306 g/mol. The van der Waals surface area contributed by atoms with Gasteiger partial charge in [0.25, 0.3) is 0 Å². The number of nitrogens with one attached hydrogen (secondary N) is 2. The number of likely N-dealkylation sites (tertiary alicyclic amines) is 1. The highest BCUT2D eigenvalue weighted by Crippen LogP contribution is 2.17. The van der Waals surface area contributed by atoms with Gasteiger partial charge in [0.1, 0.15) is 0 Å². The van der Waals surface area contributed by atoms with E-state index in [1.165, 1.54) is 6.42 Å². The van der Waals surface area contributed by atoms with E-state index in [0.29, 0.717) is 25.0 Å². The van der Waals surface area contributed by atoms with Crippen molar-refractivity contribution in [2.45, 2.75) is 64.5 Å². The van der Waals surface area contributed by atoms with Gasteiger partial charge < -0.3 is 15.5 Å². The van der Waals surface area contributed by atoms with Crippen LogP contribution >= 0.6 is 0 Å². The first-order valence-electron chi connectivity index (χ1n) is 8.70. The summed E-state index contributed by atoms with van der Waals surface area (Å²) < 4.78 is 0. The number of hydrogen-bond donors (Lipinski definition) is 2. The zero-order chi connectivity index (χ0) is 15.8. The number of amides is 1. The van der Waals surface area contributed by atoms with Gasteiger partial charge >= 0.3 is 0 Å². The molecule has 1 fully saturated rings. The first-order chi connectivity index (χ1) is 10.7. The fraction of sp³-hybridized carbons (Fsp3) is 0.765. The molecule has 2 N–H and O–H groups in total. The quantitative estimate of drug-likeness (QED) is 0.464. The summed E-state index contributed by atoms with van der Waals surface area (Å²) in [6, 6.07) is 0.830. The fourth-order valence-electron chi connectivity index (χ4n) is 3.12. The molecule has 124 valence electrons. The van der Waals surface area contributed by atoms with E-state index in [4.69, 9.17) is 0 Å². The largest absolute Gasteiger partial charge is 0.357 e. The number of nitrogens with zero attached hydrogens (tertiary/aromatic N) is 2. The van der Waals surface area contributed by atoms with Crippen molar-refractivity contribution in [1.29, 1.82) is 0 Å². The van der Waals surface area contributed by atoms with Crippen LogP contribution in [0.15, 0.2) is 17.1 Å². The minimum Gasteiger partial charge on any atom is -0.357 e. The topological polar surface area (TPSA) is 56.7 Å². The van der Waals surface area contributed by atoms with Crippen molar-refractivity contribution in [3.05, 3.63) is 12.2 Å². The maximum atomic E-state index is 12.3. The lowest BCUT2D eigenvalue weighted by atomic mass is 10.0. The van der Waals surface area contributed by atoms with Crippen molar-refractivity contribution in [3.63, 3.8) is 0 Å². The van der Waals surface area contributed by atoms with Gasteiger partial charge in [-0.15, -0.1) is 0 Å². The van der Waals surface area contributed by atoms with E-state index >= 15 is 0 Å². The van der Waals surface area contributed by atoms with E-state index in [9.17, 15) is 4.79 Å². The molecule has 22 heavy (non-hydrogen) atoms. The molecule has 1 aliphatic heterocycles. The minimum atomic E-state index is 0.245. The van der Waals surface area contributed by atoms with Gasteiger partial charge in [-0.3, -0.25) is 9.79 Å². The molecule has 5 nitrogen and oxygen atoms in total. The molecule has 0 saturated carbocycles. The van der Waals surface area contributed by atoms with Crippen LogP contribution in [0.1, 0.15) is 52.4 Å². The molecule has 2 rings (SSSR count). The molecule has 2 aliphatic rings. The van der Waals surface area contributed by atoms with Crippen molar-refractivity contribution in [1.82, 2.24) is 15.5 Å². The summed E-state index contributed by atoms with van der Waals surface area (Å²) in [5.41, 5.74) is 0. The van der Waals surface area contributed by atoms with E-state index in [-0.39, 0.29) is 5.91 Å². The molecule has 1 aliphatic carbocycles. The Bertz CT molecular complexity index is 411. The van der Waals surface area contributed by atoms with Gasteiger partial charge in [-0.1, -0.05) is 12.2 Å². The third kappa shape index (κ3) is 5.04. The Morgan fingerprint density at radius 1 is 1.32 bits per heavy atom. The number of rotatable bonds is 5. The van der Waals surface area contributed by atoms with Gasteiger partial charge in [-0.05, 0) is 46.0 Å². The molecule has 0 radical (unpaired) electrons. The van der Waals surface area contributed by atoms with Gasteiger partial charge in [0.15, 0.2) is 5.96 Å². The van der Waals surface area contributed by atoms with Crippen molar-refractivity contribution in [2.75, 3.05) is 19.6 Å². The molecule has 1 unspecified atom stereocenters. The Hall–Kier alpha value is -1.52. The Morgan fingerprint density at radius 2 is 2.09 bits per heavy atom. The molecule has 0 aromatic rings. The van der Waals surface area contributed by atoms with Crippen LogP contribution < -0.4 is 10.6 Å². The van der Waals surface area contributed by atoms with Crippen LogP contribution in [0, 0.1) is 0 Å². The SMILES string of the molecule is CCNC(=NCCC(=O)N1CCCCC1C)NC1CC=CC1. The van der Waals surface area contributed by atoms with E-state index in [1.807, 2.05) is 4.90 Å². The molecular formula is C17H30N4O. The van der Waals surface area contributed by atoms with Gasteiger partial charge in [0.2, 0.25) is 5.91 Å². The molecule has 1 heterocycles. The summed E-state index contributed by atoms with van der Waals surface area (Å²) in [5, 5.41) is 6.69. The fourth-order valence-corrected chi connectivity index (χ4v) is 3.12. The Morgan fingerprint density at radius 3 is 2.77 bits per heavy atom. The number of carbonyl (C=O) groups excluding carboxylic acids is 1. The highest BCUT2D eigenvalue weighted by atomic mass is 16.2. The van der Waals surface area contributed by atoms with Gasteiger partial charge in [-0.2, -0.15) is 0 Å². The maximum Gasteiger partial charge on any atom is 0.224 e. The summed E-state index contributed by atoms with van der Waals surface area (Å²) >= 11 is 0. The van der Waals surface area contributed by atoms with Gasteiger partial charge in [0, 0.05) is 31.6 Å². The smallest absolute Gasteiger partial charge is 0.224 e. The van der Waals surface area contributed by atoms with E-state index in [1.54, 1.807) is 0 Å². The molecule has 1 atom stereocenters. The molecule has 1 amide bonds. The Labute approximate surface area is 134 Å². The molecule has 0 aromatic carbocycles. The maximum absolute atomic E-state index is 12.3. The summed E-state index contributed by atoms with van der Waals surface area (Å²) in [5.74, 6) is 1.07. The lowest BCUT2D eigenvalue weighted by molar-refractivity contribution is -0.134. The average molecular weight is 306 g/mol. The molecular weight excluding hydrogens is 276 g/mol. The molecule has 0 aromatic heterocycles. The summed E-state index contributed by atoms with van der Waals surface area (Å²) in [7, 11) is 0. The predicted molar refractivity (Wildman–Crippen MR) is 90.9 cm³/mol. The second kappa shape index (κ2) is 8.81. The molecule has 0 spiro atoms. The molecule has 1 saturated heterocycles. The van der Waals surface area contributed by atoms with Crippen LogP contribution in [-0.4, -0.2) is 48.5 Å². The lowest BCUT2D eigenvalue weighted by Gasteiger charge is -2.33. The zero-order valence-corrected chi connectivity index (χ0v) is 14.0. The first-order valence-corrected chi connectivity index (χ1v) is 8.70. The highest BCUT2D eigenvalue weighted by molar-refractivity contribution is 5.81. The number of aliphatic imine (C=N–C) groups is 1. The summed E-state index contributed by atoms with van der Waals surface area (Å²) in [4.78, 5) is 18.9. The van der Waals surface area contributed by atoms with E-state index < -0.39 is 0 Å². The minimum absolute atomic E-state index is 0.245. The number of carbonyl (C=O) groups is 1. The van der Waals surface area contributed by atoms with Crippen LogP contribution in [0.4, 0.5) is 0 Å². The normalized spacial score (nSPS) is 22.9. The number of hydrogen-bond acceptors (Lipinski definition) is 2. The van der Waals surface area contributed by atoms with Crippen molar-refractivity contribution in [3.8, 4) is 0 Å². The third-order valence-corrected chi connectivity index (χ3v) is 4.41. The van der Waals surface area contributed by atoms with Crippen molar-refractivity contribution in [2.24, 2.45) is 4.99 Å². The first kappa shape index (κ1) is 16.8. The lowest BCUT2D eigenvalue weighted by Crippen LogP contribution is -2.43. The van der Waals surface area contributed by atoms with E-state index in [2.05, 4.69) is 41.6 Å². The van der Waals surface area contributed by atoms with Crippen LogP contribution in [-0.2, 0) is 4.79 Å². The molecule has 0 bridgehead atoms. The van der Waals surface area contributed by atoms with Crippen molar-refractivity contribution >= 4 is 11.9 Å². The molecule has 5 heteroatoms. The Balaban J connectivity index is 1.78. The summed E-state index contributed by atoms with van der Waals surface area (Å²) in [6.07, 6.45) is 10.5. The number of guanidine groups is 1. The second-order valence-corrected chi connectivity index (χ2v) is 6.23. The summed E-state index contributed by atoms with van der Waals surface area (Å²) in [6.45, 7) is 6.51. The average Bonchev–Trinajstić information content (AvgIpc) is 3.00. The third-order valence-electron chi connectivity index (χ3n) is 4.41.